The van der Waals surface area contributed by atoms with E-state index in [0.717, 1.165) is 16.8 Å². The molecule has 1 amide bonds. The molecule has 160 valence electrons. The summed E-state index contributed by atoms with van der Waals surface area (Å²) >= 11 is 0. The molecule has 31 heavy (non-hydrogen) atoms. The summed E-state index contributed by atoms with van der Waals surface area (Å²) in [6, 6.07) is 12.7. The van der Waals surface area contributed by atoms with Crippen LogP contribution in [-0.4, -0.2) is 39.8 Å². The first kappa shape index (κ1) is 20.4. The lowest BCUT2D eigenvalue weighted by Gasteiger charge is -2.28. The van der Waals surface area contributed by atoms with Crippen molar-refractivity contribution < 1.29 is 14.3 Å². The van der Waals surface area contributed by atoms with Gasteiger partial charge in [0.05, 0.1) is 19.3 Å². The summed E-state index contributed by atoms with van der Waals surface area (Å²) in [5.74, 6) is 1.43. The van der Waals surface area contributed by atoms with Crippen LogP contribution in [0, 0.1) is 6.92 Å². The molecule has 0 spiro atoms. The van der Waals surface area contributed by atoms with Gasteiger partial charge in [-0.3, -0.25) is 4.79 Å². The Morgan fingerprint density at radius 3 is 2.74 bits per heavy atom. The molecule has 0 bridgehead atoms. The van der Waals surface area contributed by atoms with E-state index in [2.05, 4.69) is 26.2 Å². The highest BCUT2D eigenvalue weighted by atomic mass is 16.5. The molecule has 9 heteroatoms. The smallest absolute Gasteiger partial charge is 0.255 e. The Balaban J connectivity index is 1.79. The molecule has 0 saturated heterocycles. The third kappa shape index (κ3) is 3.81. The van der Waals surface area contributed by atoms with E-state index in [1.807, 2.05) is 63.2 Å². The molecule has 2 aromatic carbocycles. The maximum Gasteiger partial charge on any atom is 0.255 e. The van der Waals surface area contributed by atoms with Gasteiger partial charge in [0.1, 0.15) is 6.04 Å². The van der Waals surface area contributed by atoms with Crippen molar-refractivity contribution in [1.29, 1.82) is 0 Å². The van der Waals surface area contributed by atoms with Gasteiger partial charge in [0, 0.05) is 11.4 Å². The molecular formula is C22H24N6O3. The number of anilines is 2. The topological polar surface area (TPSA) is 103 Å². The summed E-state index contributed by atoms with van der Waals surface area (Å²) in [5, 5.41) is 18.1. The van der Waals surface area contributed by atoms with Crippen LogP contribution in [0.2, 0.25) is 0 Å². The number of aromatic nitrogens is 4. The van der Waals surface area contributed by atoms with Crippen molar-refractivity contribution in [3.05, 3.63) is 64.9 Å². The highest BCUT2D eigenvalue weighted by Crippen LogP contribution is 2.38. The van der Waals surface area contributed by atoms with E-state index in [1.165, 1.54) is 0 Å². The van der Waals surface area contributed by atoms with E-state index in [9.17, 15) is 4.79 Å². The molecule has 0 fully saturated rings. The molecule has 0 aliphatic carbocycles. The van der Waals surface area contributed by atoms with Gasteiger partial charge in [0.25, 0.3) is 5.91 Å². The minimum absolute atomic E-state index is 0.237. The number of nitrogens with one attached hydrogen (secondary N) is 2. The summed E-state index contributed by atoms with van der Waals surface area (Å²) in [6.45, 7) is 6.18. The molecule has 3 aromatic rings. The van der Waals surface area contributed by atoms with E-state index in [1.54, 1.807) is 11.8 Å². The fourth-order valence-corrected chi connectivity index (χ4v) is 3.65. The molecule has 1 aliphatic heterocycles. The molecule has 0 radical (unpaired) electrons. The lowest BCUT2D eigenvalue weighted by atomic mass is 9.94. The van der Waals surface area contributed by atoms with E-state index >= 15 is 0 Å². The zero-order chi connectivity index (χ0) is 22.0. The van der Waals surface area contributed by atoms with Gasteiger partial charge < -0.3 is 20.1 Å². The molecule has 2 N–H and O–H groups in total. The number of hydrogen-bond donors (Lipinski definition) is 2. The third-order valence-electron chi connectivity index (χ3n) is 5.16. The van der Waals surface area contributed by atoms with Crippen molar-refractivity contribution in [2.75, 3.05) is 24.4 Å². The van der Waals surface area contributed by atoms with Crippen LogP contribution in [0.5, 0.6) is 11.5 Å². The number of hydrogen-bond acceptors (Lipinski definition) is 7. The number of methoxy groups -OCH3 is 1. The fourth-order valence-electron chi connectivity index (χ4n) is 3.65. The molecule has 1 aromatic heterocycles. The number of carbonyl (C=O) groups is 1. The van der Waals surface area contributed by atoms with Crippen molar-refractivity contribution in [2.45, 2.75) is 26.8 Å². The van der Waals surface area contributed by atoms with Gasteiger partial charge in [-0.05, 0) is 60.5 Å². The number of tetrazole rings is 1. The standard InChI is InChI=1S/C22H24N6O3/c1-5-31-18-12-15(10-11-17(18)30-4)20-19(14(3)23-22-25-26-27-28(20)22)21(29)24-16-9-7-6-8-13(16)2/h6-12,20H,5H2,1-4H3,(H,24,29)(H,23,25,27). The van der Waals surface area contributed by atoms with Crippen LogP contribution in [0.25, 0.3) is 0 Å². The normalized spacial score (nSPS) is 15.2. The summed E-state index contributed by atoms with van der Waals surface area (Å²) in [4.78, 5) is 13.4. The van der Waals surface area contributed by atoms with Crippen LogP contribution in [-0.2, 0) is 4.79 Å². The van der Waals surface area contributed by atoms with Crippen LogP contribution in [0.4, 0.5) is 11.6 Å². The SMILES string of the molecule is CCOc1cc(C2C(C(=O)Nc3ccccc3C)=C(C)Nc3nnnn32)ccc1OC. The Morgan fingerprint density at radius 2 is 2.00 bits per heavy atom. The number of fused-ring (bicyclic) bond motifs is 1. The van der Waals surface area contributed by atoms with E-state index in [-0.39, 0.29) is 5.91 Å². The Bertz CT molecular complexity index is 1150. The quantitative estimate of drug-likeness (QED) is 0.630. The zero-order valence-corrected chi connectivity index (χ0v) is 17.8. The second kappa shape index (κ2) is 8.47. The molecule has 1 atom stereocenters. The number of rotatable bonds is 6. The lowest BCUT2D eigenvalue weighted by Crippen LogP contribution is -2.31. The van der Waals surface area contributed by atoms with Crippen molar-refractivity contribution >= 4 is 17.5 Å². The van der Waals surface area contributed by atoms with Gasteiger partial charge >= 0.3 is 0 Å². The van der Waals surface area contributed by atoms with Gasteiger partial charge in [-0.1, -0.05) is 29.4 Å². The number of aryl methyl sites for hydroxylation is 1. The number of ether oxygens (including phenoxy) is 2. The highest BCUT2D eigenvalue weighted by molar-refractivity contribution is 6.06. The van der Waals surface area contributed by atoms with Crippen LogP contribution in [0.15, 0.2) is 53.7 Å². The van der Waals surface area contributed by atoms with Gasteiger partial charge in [-0.25, -0.2) is 0 Å². The monoisotopic (exact) mass is 420 g/mol. The van der Waals surface area contributed by atoms with E-state index in [4.69, 9.17) is 9.47 Å². The van der Waals surface area contributed by atoms with E-state index in [0.29, 0.717) is 35.3 Å². The Kier molecular flexibility index (Phi) is 5.57. The molecule has 0 saturated carbocycles. The molecule has 4 rings (SSSR count). The van der Waals surface area contributed by atoms with Gasteiger partial charge in [0.2, 0.25) is 5.95 Å². The molecule has 9 nitrogen and oxygen atoms in total. The second-order valence-corrected chi connectivity index (χ2v) is 7.13. The minimum atomic E-state index is -0.541. The van der Waals surface area contributed by atoms with E-state index < -0.39 is 6.04 Å². The number of benzene rings is 2. The highest BCUT2D eigenvalue weighted by Gasteiger charge is 2.34. The maximum atomic E-state index is 13.4. The number of nitrogens with zero attached hydrogens (tertiary/aromatic N) is 4. The summed E-state index contributed by atoms with van der Waals surface area (Å²) in [5.41, 5.74) is 3.70. The average molecular weight is 420 g/mol. The summed E-state index contributed by atoms with van der Waals surface area (Å²) < 4.78 is 12.7. The lowest BCUT2D eigenvalue weighted by molar-refractivity contribution is -0.113. The third-order valence-corrected chi connectivity index (χ3v) is 5.16. The van der Waals surface area contributed by atoms with Crippen molar-refractivity contribution in [1.82, 2.24) is 20.2 Å². The summed E-state index contributed by atoms with van der Waals surface area (Å²) in [7, 11) is 1.59. The molecular weight excluding hydrogens is 396 g/mol. The predicted octanol–water partition coefficient (Wildman–Crippen LogP) is 3.32. The fraction of sp³-hybridized carbons (Fsp3) is 0.273. The number of allylic oxidation sites excluding steroid dienone is 1. The first-order valence-corrected chi connectivity index (χ1v) is 9.96. The largest absolute Gasteiger partial charge is 0.493 e. The van der Waals surface area contributed by atoms with Gasteiger partial charge in [-0.2, -0.15) is 4.68 Å². The van der Waals surface area contributed by atoms with Crippen LogP contribution in [0.1, 0.15) is 31.0 Å². The van der Waals surface area contributed by atoms with Gasteiger partial charge in [0.15, 0.2) is 11.5 Å². The molecule has 2 heterocycles. The molecule has 1 aliphatic rings. The van der Waals surface area contributed by atoms with Crippen LogP contribution >= 0.6 is 0 Å². The van der Waals surface area contributed by atoms with Gasteiger partial charge in [-0.15, -0.1) is 0 Å². The predicted molar refractivity (Wildman–Crippen MR) is 116 cm³/mol. The Labute approximate surface area is 180 Å². The van der Waals surface area contributed by atoms with Crippen LogP contribution in [0.3, 0.4) is 0 Å². The maximum absolute atomic E-state index is 13.4. The number of carbonyl (C=O) groups excluding carboxylic acids is 1. The Hall–Kier alpha value is -3.88. The van der Waals surface area contributed by atoms with Crippen molar-refractivity contribution in [3.63, 3.8) is 0 Å². The van der Waals surface area contributed by atoms with Crippen molar-refractivity contribution in [2.24, 2.45) is 0 Å². The Morgan fingerprint density at radius 1 is 1.19 bits per heavy atom. The second-order valence-electron chi connectivity index (χ2n) is 7.13. The summed E-state index contributed by atoms with van der Waals surface area (Å²) in [6.07, 6.45) is 0. The minimum Gasteiger partial charge on any atom is -0.493 e. The van der Waals surface area contributed by atoms with Crippen molar-refractivity contribution in [3.8, 4) is 11.5 Å². The first-order chi connectivity index (χ1) is 15.0. The zero-order valence-electron chi connectivity index (χ0n) is 17.8. The first-order valence-electron chi connectivity index (χ1n) is 9.96. The number of para-hydroxylation sites is 1. The number of amides is 1. The van der Waals surface area contributed by atoms with Crippen LogP contribution < -0.4 is 20.1 Å². The average Bonchev–Trinajstić information content (AvgIpc) is 3.22. The molecule has 1 unspecified atom stereocenters.